The van der Waals surface area contributed by atoms with Crippen LogP contribution in [0.2, 0.25) is 0 Å². The van der Waals surface area contributed by atoms with Gasteiger partial charge >= 0.3 is 0 Å². The Morgan fingerprint density at radius 1 is 1.19 bits per heavy atom. The van der Waals surface area contributed by atoms with E-state index >= 15 is 0 Å². The monoisotopic (exact) mass is 358 g/mol. The van der Waals surface area contributed by atoms with Gasteiger partial charge in [0.05, 0.1) is 12.8 Å². The van der Waals surface area contributed by atoms with Gasteiger partial charge in [-0.3, -0.25) is 0 Å². The van der Waals surface area contributed by atoms with E-state index in [4.69, 9.17) is 9.57 Å². The summed E-state index contributed by atoms with van der Waals surface area (Å²) in [5.74, 6) is 0.860. The Bertz CT molecular complexity index is 621. The molecule has 2 aliphatic rings. The standard InChI is InChI=1S/C21H30N2O3/c1-25-20-11-7-16(8-12-20)13-17-5-3-2-4-6-21(17)23-26-15-19(24)14-22-18-9-10-18/h7-8,11-13,18-19,22,24H,2-6,9-10,14-15H2,1H3/b17-13+,23-21+. The number of aliphatic hydroxyl groups excluding tert-OH is 1. The minimum absolute atomic E-state index is 0.235. The summed E-state index contributed by atoms with van der Waals surface area (Å²) in [6.07, 6.45) is 9.58. The van der Waals surface area contributed by atoms with Crippen LogP contribution in [0.3, 0.4) is 0 Å². The maximum atomic E-state index is 9.98. The Hall–Kier alpha value is -1.85. The predicted molar refractivity (Wildman–Crippen MR) is 104 cm³/mol. The van der Waals surface area contributed by atoms with Crippen molar-refractivity contribution < 1.29 is 14.7 Å². The number of hydrogen-bond acceptors (Lipinski definition) is 5. The molecule has 0 amide bonds. The number of benzene rings is 1. The molecule has 5 heteroatoms. The molecule has 0 radical (unpaired) electrons. The number of methoxy groups -OCH3 is 1. The summed E-state index contributed by atoms with van der Waals surface area (Å²) >= 11 is 0. The number of nitrogens with one attached hydrogen (secondary N) is 1. The lowest BCUT2D eigenvalue weighted by molar-refractivity contribution is 0.0400. The molecule has 0 saturated heterocycles. The Balaban J connectivity index is 1.60. The number of hydrogen-bond donors (Lipinski definition) is 2. The van der Waals surface area contributed by atoms with Crippen molar-refractivity contribution in [3.05, 3.63) is 35.4 Å². The maximum Gasteiger partial charge on any atom is 0.144 e. The van der Waals surface area contributed by atoms with Crippen LogP contribution in [0, 0.1) is 0 Å². The van der Waals surface area contributed by atoms with Crippen LogP contribution in [0.1, 0.15) is 50.5 Å². The van der Waals surface area contributed by atoms with Gasteiger partial charge in [0.15, 0.2) is 0 Å². The summed E-state index contributed by atoms with van der Waals surface area (Å²) in [6.45, 7) is 0.809. The van der Waals surface area contributed by atoms with Crippen molar-refractivity contribution in [3.8, 4) is 5.75 Å². The van der Waals surface area contributed by atoms with E-state index in [1.807, 2.05) is 12.1 Å². The van der Waals surface area contributed by atoms with Crippen molar-refractivity contribution in [2.24, 2.45) is 5.16 Å². The van der Waals surface area contributed by atoms with Crippen LogP contribution in [-0.4, -0.2) is 43.2 Å². The van der Waals surface area contributed by atoms with E-state index in [1.54, 1.807) is 7.11 Å². The smallest absolute Gasteiger partial charge is 0.144 e. The molecule has 1 aromatic carbocycles. The van der Waals surface area contributed by atoms with Crippen molar-refractivity contribution in [1.82, 2.24) is 5.32 Å². The maximum absolute atomic E-state index is 9.98. The minimum Gasteiger partial charge on any atom is -0.497 e. The fraction of sp³-hybridized carbons (Fsp3) is 0.571. The largest absolute Gasteiger partial charge is 0.497 e. The second-order valence-electron chi connectivity index (χ2n) is 7.17. The zero-order valence-corrected chi connectivity index (χ0v) is 15.6. The number of ether oxygens (including phenoxy) is 1. The van der Waals surface area contributed by atoms with Crippen LogP contribution in [0.25, 0.3) is 6.08 Å². The molecule has 2 fully saturated rings. The number of rotatable bonds is 8. The molecule has 2 aliphatic carbocycles. The minimum atomic E-state index is -0.514. The lowest BCUT2D eigenvalue weighted by atomic mass is 10.0. The van der Waals surface area contributed by atoms with Gasteiger partial charge in [0.2, 0.25) is 0 Å². The van der Waals surface area contributed by atoms with Gasteiger partial charge < -0.3 is 20.0 Å². The molecule has 0 aliphatic heterocycles. The Morgan fingerprint density at radius 2 is 1.96 bits per heavy atom. The van der Waals surface area contributed by atoms with Crippen LogP contribution in [0.5, 0.6) is 5.75 Å². The van der Waals surface area contributed by atoms with Crippen molar-refractivity contribution in [3.63, 3.8) is 0 Å². The van der Waals surface area contributed by atoms with Gasteiger partial charge in [0, 0.05) is 12.6 Å². The van der Waals surface area contributed by atoms with E-state index in [0.717, 1.165) is 36.3 Å². The molecule has 2 saturated carbocycles. The summed E-state index contributed by atoms with van der Waals surface area (Å²) in [4.78, 5) is 5.48. The molecule has 142 valence electrons. The van der Waals surface area contributed by atoms with Gasteiger partial charge in [0.25, 0.3) is 0 Å². The molecule has 0 heterocycles. The Kier molecular flexibility index (Phi) is 7.09. The number of nitrogens with zero attached hydrogens (tertiary/aromatic N) is 1. The SMILES string of the molecule is COc1ccc(/C=C2\CCCCC\C2=N/OCC(O)CNC2CC2)cc1. The molecule has 0 bridgehead atoms. The van der Waals surface area contributed by atoms with E-state index in [9.17, 15) is 5.11 Å². The van der Waals surface area contributed by atoms with E-state index in [1.165, 1.54) is 31.3 Å². The first-order chi connectivity index (χ1) is 12.7. The summed E-state index contributed by atoms with van der Waals surface area (Å²) in [6, 6.07) is 8.65. The van der Waals surface area contributed by atoms with Gasteiger partial charge in [-0.1, -0.05) is 23.7 Å². The Labute approximate surface area is 156 Å². The zero-order chi connectivity index (χ0) is 18.2. The van der Waals surface area contributed by atoms with Crippen LogP contribution >= 0.6 is 0 Å². The fourth-order valence-electron chi connectivity index (χ4n) is 3.10. The molecular formula is C21H30N2O3. The van der Waals surface area contributed by atoms with Gasteiger partial charge in [-0.05, 0) is 67.9 Å². The summed E-state index contributed by atoms with van der Waals surface area (Å²) in [5.41, 5.74) is 3.39. The van der Waals surface area contributed by atoms with Crippen molar-refractivity contribution in [2.75, 3.05) is 20.3 Å². The highest BCUT2D eigenvalue weighted by Gasteiger charge is 2.21. The van der Waals surface area contributed by atoms with Crippen LogP contribution in [-0.2, 0) is 4.84 Å². The number of allylic oxidation sites excluding steroid dienone is 1. The molecule has 26 heavy (non-hydrogen) atoms. The fourth-order valence-corrected chi connectivity index (χ4v) is 3.10. The average molecular weight is 358 g/mol. The molecule has 2 N–H and O–H groups in total. The third-order valence-corrected chi connectivity index (χ3v) is 4.85. The molecule has 3 rings (SSSR count). The molecule has 0 aromatic heterocycles. The molecule has 5 nitrogen and oxygen atoms in total. The normalized spacial score (nSPS) is 22.2. The van der Waals surface area contributed by atoms with Crippen molar-refractivity contribution in [1.29, 1.82) is 0 Å². The second-order valence-corrected chi connectivity index (χ2v) is 7.17. The highest BCUT2D eigenvalue weighted by Crippen LogP contribution is 2.24. The van der Waals surface area contributed by atoms with Crippen molar-refractivity contribution in [2.45, 2.75) is 57.1 Å². The Morgan fingerprint density at radius 3 is 2.69 bits per heavy atom. The van der Waals surface area contributed by atoms with Crippen molar-refractivity contribution >= 4 is 11.8 Å². The molecule has 1 aromatic rings. The topological polar surface area (TPSA) is 63.1 Å². The molecule has 1 atom stereocenters. The van der Waals surface area contributed by atoms with Gasteiger partial charge in [-0.15, -0.1) is 0 Å². The second kappa shape index (κ2) is 9.74. The van der Waals surface area contributed by atoms with Gasteiger partial charge in [-0.2, -0.15) is 0 Å². The van der Waals surface area contributed by atoms with E-state index in [2.05, 4.69) is 28.7 Å². The molecule has 1 unspecified atom stereocenters. The first kappa shape index (κ1) is 18.9. The van der Waals surface area contributed by atoms with E-state index in [0.29, 0.717) is 12.6 Å². The summed E-state index contributed by atoms with van der Waals surface area (Å²) in [7, 11) is 1.68. The van der Waals surface area contributed by atoms with Gasteiger partial charge in [-0.25, -0.2) is 0 Å². The van der Waals surface area contributed by atoms with Crippen LogP contribution in [0.4, 0.5) is 0 Å². The highest BCUT2D eigenvalue weighted by atomic mass is 16.6. The van der Waals surface area contributed by atoms with E-state index < -0.39 is 6.10 Å². The average Bonchev–Trinajstić information content (AvgIpc) is 3.49. The highest BCUT2D eigenvalue weighted by molar-refractivity contribution is 6.03. The predicted octanol–water partition coefficient (Wildman–Crippen LogP) is 3.53. The number of oxime groups is 1. The third-order valence-electron chi connectivity index (χ3n) is 4.85. The first-order valence-electron chi connectivity index (χ1n) is 9.70. The zero-order valence-electron chi connectivity index (χ0n) is 15.6. The molecular weight excluding hydrogens is 328 g/mol. The number of aliphatic hydroxyl groups is 1. The van der Waals surface area contributed by atoms with Crippen LogP contribution in [0.15, 0.2) is 35.0 Å². The quantitative estimate of drug-likeness (QED) is 0.551. The first-order valence-corrected chi connectivity index (χ1v) is 9.70. The summed E-state index contributed by atoms with van der Waals surface area (Å²) < 4.78 is 5.22. The lowest BCUT2D eigenvalue weighted by Crippen LogP contribution is -2.31. The summed E-state index contributed by atoms with van der Waals surface area (Å²) in [5, 5.41) is 17.7. The van der Waals surface area contributed by atoms with Gasteiger partial charge in [0.1, 0.15) is 18.5 Å². The molecule has 0 spiro atoms. The van der Waals surface area contributed by atoms with E-state index in [-0.39, 0.29) is 6.61 Å². The lowest BCUT2D eigenvalue weighted by Gasteiger charge is -2.12. The third kappa shape index (κ3) is 6.15. The van der Waals surface area contributed by atoms with Crippen LogP contribution < -0.4 is 10.1 Å².